The second-order valence-electron chi connectivity index (χ2n) is 8.08. The zero-order chi connectivity index (χ0) is 23.3. The first-order chi connectivity index (χ1) is 14.6. The van der Waals surface area contributed by atoms with Crippen molar-refractivity contribution in [2.24, 2.45) is 11.8 Å². The van der Waals surface area contributed by atoms with Gasteiger partial charge >= 0.3 is 13.8 Å². The summed E-state index contributed by atoms with van der Waals surface area (Å²) < 4.78 is 19.1. The topological polar surface area (TPSA) is 151 Å². The van der Waals surface area contributed by atoms with Gasteiger partial charge in [-0.05, 0) is 19.3 Å². The van der Waals surface area contributed by atoms with Gasteiger partial charge in [0.2, 0.25) is 6.79 Å². The molecule has 0 aromatic rings. The first-order valence-corrected chi connectivity index (χ1v) is 12.6. The Labute approximate surface area is 184 Å². The normalized spacial score (nSPS) is 22.9. The van der Waals surface area contributed by atoms with E-state index in [-0.39, 0.29) is 30.5 Å². The fraction of sp³-hybridized carbons (Fsp3) is 0.810. The Kier molecular flexibility index (Phi) is 13.4. The molecule has 180 valence electrons. The number of phosphoric acid groups is 1. The molecule has 0 aliphatic heterocycles. The Morgan fingerprint density at radius 1 is 1.19 bits per heavy atom. The van der Waals surface area contributed by atoms with E-state index in [1.54, 1.807) is 12.2 Å². The third kappa shape index (κ3) is 12.5. The van der Waals surface area contributed by atoms with Gasteiger partial charge in [0.1, 0.15) is 5.78 Å². The number of aliphatic hydroxyl groups is 2. The highest BCUT2D eigenvalue weighted by Gasteiger charge is 2.39. The molecule has 9 nitrogen and oxygen atoms in total. The maximum atomic E-state index is 12.2. The highest BCUT2D eigenvalue weighted by Crippen LogP contribution is 2.35. The predicted octanol–water partition coefficient (Wildman–Crippen LogP) is 3.00. The van der Waals surface area contributed by atoms with Crippen LogP contribution in [0.3, 0.4) is 0 Å². The van der Waals surface area contributed by atoms with E-state index in [1.165, 1.54) is 0 Å². The van der Waals surface area contributed by atoms with Gasteiger partial charge in [-0.3, -0.25) is 9.59 Å². The van der Waals surface area contributed by atoms with Crippen molar-refractivity contribution >= 4 is 19.6 Å². The fourth-order valence-electron chi connectivity index (χ4n) is 3.77. The molecular formula is C21H37O9P. The molecule has 10 heteroatoms. The van der Waals surface area contributed by atoms with Gasteiger partial charge in [0.05, 0.1) is 12.2 Å². The van der Waals surface area contributed by atoms with Crippen LogP contribution in [0, 0.1) is 11.8 Å². The van der Waals surface area contributed by atoms with E-state index in [1.807, 2.05) is 0 Å². The third-order valence-electron chi connectivity index (χ3n) is 5.48. The van der Waals surface area contributed by atoms with Crippen molar-refractivity contribution in [3.63, 3.8) is 0 Å². The van der Waals surface area contributed by atoms with E-state index in [4.69, 9.17) is 9.79 Å². The zero-order valence-electron chi connectivity index (χ0n) is 18.2. The smallest absolute Gasteiger partial charge is 0.438 e. The van der Waals surface area contributed by atoms with Gasteiger partial charge in [-0.25, -0.2) is 9.09 Å². The average molecular weight is 464 g/mol. The number of carbonyl (C=O) groups excluding carboxylic acids is 2. The van der Waals surface area contributed by atoms with Gasteiger partial charge < -0.3 is 24.7 Å². The number of hydrogen-bond acceptors (Lipinski definition) is 7. The van der Waals surface area contributed by atoms with Crippen LogP contribution in [0.4, 0.5) is 0 Å². The molecule has 0 amide bonds. The van der Waals surface area contributed by atoms with Crippen molar-refractivity contribution in [2.45, 2.75) is 89.8 Å². The van der Waals surface area contributed by atoms with Gasteiger partial charge in [0, 0.05) is 24.7 Å². The number of esters is 1. The molecule has 0 aromatic heterocycles. The molecule has 4 atom stereocenters. The van der Waals surface area contributed by atoms with Gasteiger partial charge in [-0.1, -0.05) is 57.6 Å². The number of ether oxygens (including phenoxy) is 1. The van der Waals surface area contributed by atoms with Crippen molar-refractivity contribution in [3.8, 4) is 0 Å². The molecule has 1 aliphatic rings. The van der Waals surface area contributed by atoms with Crippen LogP contribution < -0.4 is 0 Å². The molecular weight excluding hydrogens is 427 g/mol. The van der Waals surface area contributed by atoms with E-state index < -0.39 is 32.8 Å². The molecule has 0 radical (unpaired) electrons. The number of unbranched alkanes of at least 4 members (excludes halogenated alkanes) is 5. The highest BCUT2D eigenvalue weighted by atomic mass is 31.2. The quantitative estimate of drug-likeness (QED) is 0.0888. The minimum atomic E-state index is -4.65. The number of aliphatic hydroxyl groups excluding tert-OH is 2. The van der Waals surface area contributed by atoms with Gasteiger partial charge in [0.15, 0.2) is 0 Å². The summed E-state index contributed by atoms with van der Waals surface area (Å²) in [5.74, 6) is -1.05. The fourth-order valence-corrected chi connectivity index (χ4v) is 3.96. The minimum Gasteiger partial charge on any atom is -0.438 e. The number of hydrogen-bond donors (Lipinski definition) is 4. The molecule has 4 N–H and O–H groups in total. The molecule has 0 bridgehead atoms. The molecule has 1 fully saturated rings. The summed E-state index contributed by atoms with van der Waals surface area (Å²) >= 11 is 0. The molecule has 1 aliphatic carbocycles. The van der Waals surface area contributed by atoms with Crippen molar-refractivity contribution in [3.05, 3.63) is 12.2 Å². The number of phosphoric ester groups is 1. The molecule has 0 heterocycles. The monoisotopic (exact) mass is 464 g/mol. The van der Waals surface area contributed by atoms with Crippen LogP contribution in [-0.2, 0) is 23.4 Å². The maximum Gasteiger partial charge on any atom is 0.472 e. The average Bonchev–Trinajstić information content (AvgIpc) is 2.94. The molecule has 1 rings (SSSR count). The zero-order valence-corrected chi connectivity index (χ0v) is 19.1. The van der Waals surface area contributed by atoms with Gasteiger partial charge in [-0.2, -0.15) is 0 Å². The first-order valence-electron chi connectivity index (χ1n) is 11.1. The molecule has 1 saturated carbocycles. The summed E-state index contributed by atoms with van der Waals surface area (Å²) in [4.78, 5) is 40.7. The summed E-state index contributed by atoms with van der Waals surface area (Å²) in [5, 5.41) is 20.3. The van der Waals surface area contributed by atoms with Crippen LogP contribution in [0.25, 0.3) is 0 Å². The van der Waals surface area contributed by atoms with Crippen molar-refractivity contribution < 1.29 is 43.4 Å². The van der Waals surface area contributed by atoms with E-state index in [0.29, 0.717) is 19.3 Å². The summed E-state index contributed by atoms with van der Waals surface area (Å²) in [6.07, 6.45) is 9.83. The Hall–Kier alpha value is -1.09. The summed E-state index contributed by atoms with van der Waals surface area (Å²) in [6.45, 7) is 1.32. The lowest BCUT2D eigenvalue weighted by Crippen LogP contribution is -2.19. The van der Waals surface area contributed by atoms with Crippen LogP contribution >= 0.6 is 7.82 Å². The summed E-state index contributed by atoms with van der Waals surface area (Å²) in [6, 6.07) is 0. The van der Waals surface area contributed by atoms with E-state index in [2.05, 4.69) is 16.2 Å². The standard InChI is InChI=1S/C21H37O9P/c1-2-3-6-9-16(22)12-13-18-17(19(23)14-20(18)24)10-7-4-5-8-11-21(25)29-15-30-31(26,27)28/h12-13,16-18,20,22,24H,2-11,14-15H2,1H3,(H2,26,27,28)/b13-12+/t16-,17+,18+,20+/m0/s1. The Balaban J connectivity index is 2.27. The number of rotatable bonds is 16. The summed E-state index contributed by atoms with van der Waals surface area (Å²) in [7, 11) is -4.65. The van der Waals surface area contributed by atoms with Crippen LogP contribution in [-0.4, -0.2) is 50.8 Å². The number of Topliss-reactive ketones (excluding diaryl/α,β-unsaturated/α-hetero) is 1. The number of carbonyl (C=O) groups is 2. The second-order valence-corrected chi connectivity index (χ2v) is 9.32. The summed E-state index contributed by atoms with van der Waals surface area (Å²) in [5.41, 5.74) is 0. The molecule has 0 aromatic carbocycles. The highest BCUT2D eigenvalue weighted by molar-refractivity contribution is 7.46. The minimum absolute atomic E-state index is 0.0521. The molecule has 31 heavy (non-hydrogen) atoms. The second kappa shape index (κ2) is 14.9. The van der Waals surface area contributed by atoms with Crippen molar-refractivity contribution in [1.29, 1.82) is 0 Å². The van der Waals surface area contributed by atoms with Crippen LogP contribution in [0.5, 0.6) is 0 Å². The van der Waals surface area contributed by atoms with E-state index in [0.717, 1.165) is 38.5 Å². The Bertz CT molecular complexity index is 616. The van der Waals surface area contributed by atoms with Crippen LogP contribution in [0.1, 0.15) is 77.6 Å². The first kappa shape index (κ1) is 27.9. The molecule has 0 unspecified atom stereocenters. The Morgan fingerprint density at radius 3 is 2.58 bits per heavy atom. The van der Waals surface area contributed by atoms with Gasteiger partial charge in [0.25, 0.3) is 0 Å². The Morgan fingerprint density at radius 2 is 1.90 bits per heavy atom. The van der Waals surface area contributed by atoms with E-state index in [9.17, 15) is 24.4 Å². The predicted molar refractivity (Wildman–Crippen MR) is 114 cm³/mol. The van der Waals surface area contributed by atoms with Gasteiger partial charge in [-0.15, -0.1) is 0 Å². The largest absolute Gasteiger partial charge is 0.472 e. The van der Waals surface area contributed by atoms with Crippen molar-refractivity contribution in [2.75, 3.05) is 6.79 Å². The molecule has 0 spiro atoms. The van der Waals surface area contributed by atoms with Crippen molar-refractivity contribution in [1.82, 2.24) is 0 Å². The number of ketones is 1. The third-order valence-corrected chi connectivity index (χ3v) is 5.92. The van der Waals surface area contributed by atoms with Crippen LogP contribution in [0.15, 0.2) is 12.2 Å². The lowest BCUT2D eigenvalue weighted by molar-refractivity contribution is -0.151. The SMILES string of the molecule is CCCCC[C@H](O)/C=C/[C@H]1[C@H](O)CC(=O)[C@@H]1CCCCCCC(=O)OCOP(=O)(O)O. The maximum absolute atomic E-state index is 12.2. The van der Waals surface area contributed by atoms with E-state index >= 15 is 0 Å². The molecule has 0 saturated heterocycles. The lowest BCUT2D eigenvalue weighted by Gasteiger charge is -2.18. The lowest BCUT2D eigenvalue weighted by atomic mass is 9.88. The van der Waals surface area contributed by atoms with Crippen LogP contribution in [0.2, 0.25) is 0 Å².